The maximum absolute atomic E-state index is 13.6. The summed E-state index contributed by atoms with van der Waals surface area (Å²) in [7, 11) is 0. The first kappa shape index (κ1) is 20.8. The van der Waals surface area contributed by atoms with Crippen LogP contribution in [0.1, 0.15) is 44.1 Å². The van der Waals surface area contributed by atoms with Gasteiger partial charge in [0.2, 0.25) is 6.79 Å². The Bertz CT molecular complexity index is 1230. The van der Waals surface area contributed by atoms with Crippen LogP contribution in [-0.2, 0) is 9.59 Å². The lowest BCUT2D eigenvalue weighted by molar-refractivity contribution is -0.130. The average molecular weight is 460 g/mol. The summed E-state index contributed by atoms with van der Waals surface area (Å²) in [4.78, 5) is 25.1. The van der Waals surface area contributed by atoms with Gasteiger partial charge in [0.15, 0.2) is 11.5 Å². The first-order chi connectivity index (χ1) is 16.6. The summed E-state index contributed by atoms with van der Waals surface area (Å²) in [5, 5.41) is 18.3. The molecule has 2 aromatic carbocycles. The third-order valence-corrected chi connectivity index (χ3v) is 7.07. The summed E-state index contributed by atoms with van der Waals surface area (Å²) >= 11 is 0. The zero-order valence-electron chi connectivity index (χ0n) is 18.6. The molecule has 0 saturated heterocycles. The highest BCUT2D eigenvalue weighted by Gasteiger charge is 2.43. The van der Waals surface area contributed by atoms with Crippen LogP contribution in [0.15, 0.2) is 53.1 Å². The van der Waals surface area contributed by atoms with Crippen LogP contribution in [-0.4, -0.2) is 40.7 Å². The number of hydrazone groups is 1. The maximum atomic E-state index is 13.6. The lowest BCUT2D eigenvalue weighted by atomic mass is 9.80. The van der Waals surface area contributed by atoms with Crippen molar-refractivity contribution in [1.29, 1.82) is 0 Å². The van der Waals surface area contributed by atoms with Gasteiger partial charge in [-0.2, -0.15) is 5.10 Å². The molecule has 1 amide bonds. The summed E-state index contributed by atoms with van der Waals surface area (Å²) < 4.78 is 10.9. The third-order valence-electron chi connectivity index (χ3n) is 7.07. The van der Waals surface area contributed by atoms with Gasteiger partial charge in [0.05, 0.1) is 5.70 Å². The van der Waals surface area contributed by atoms with Crippen molar-refractivity contribution in [3.63, 3.8) is 0 Å². The van der Waals surface area contributed by atoms with E-state index in [9.17, 15) is 14.7 Å². The monoisotopic (exact) mass is 459 g/mol. The summed E-state index contributed by atoms with van der Waals surface area (Å²) in [6.07, 6.45) is 4.96. The van der Waals surface area contributed by atoms with Gasteiger partial charge in [-0.1, -0.05) is 49.6 Å². The fraction of sp³-hybridized carbons (Fsp3) is 0.346. The van der Waals surface area contributed by atoms with Crippen LogP contribution in [0.2, 0.25) is 0 Å². The van der Waals surface area contributed by atoms with Gasteiger partial charge in [-0.25, -0.2) is 9.80 Å². The number of carbonyl (C=O) groups is 2. The number of carbonyl (C=O) groups excluding carboxylic acids is 1. The van der Waals surface area contributed by atoms with Gasteiger partial charge in [0.25, 0.3) is 5.91 Å². The molecule has 1 saturated carbocycles. The third kappa shape index (κ3) is 3.50. The Labute approximate surface area is 196 Å². The standard InChI is InChI=1S/C26H25N3O5/c30-25-23(16-4-2-1-3-5-16)24(27-22-13-19(26(31)32)28-29(22)25)17-8-6-15(7-9-17)18-10-11-20-21(12-18)34-14-33-20/h6-12,16,22,27H,1-5,13-14H2,(H,31,32). The Balaban J connectivity index is 1.36. The van der Waals surface area contributed by atoms with Crippen LogP contribution in [0.5, 0.6) is 11.5 Å². The van der Waals surface area contributed by atoms with Gasteiger partial charge in [-0.3, -0.25) is 4.79 Å². The number of carboxylic acid groups (broad SMARTS) is 1. The van der Waals surface area contributed by atoms with Gasteiger partial charge >= 0.3 is 5.97 Å². The second kappa shape index (κ2) is 8.20. The van der Waals surface area contributed by atoms with E-state index in [4.69, 9.17) is 9.47 Å². The maximum Gasteiger partial charge on any atom is 0.352 e. The van der Waals surface area contributed by atoms with E-state index in [2.05, 4.69) is 10.4 Å². The normalized spacial score (nSPS) is 21.9. The number of ether oxygens (including phenoxy) is 2. The van der Waals surface area contributed by atoms with Gasteiger partial charge in [-0.05, 0) is 47.6 Å². The number of benzene rings is 2. The second-order valence-electron chi connectivity index (χ2n) is 9.13. The number of nitrogens with zero attached hydrogens (tertiary/aromatic N) is 2. The fourth-order valence-electron chi connectivity index (χ4n) is 5.33. The molecule has 1 fully saturated rings. The predicted octanol–water partition coefficient (Wildman–Crippen LogP) is 3.98. The molecule has 34 heavy (non-hydrogen) atoms. The van der Waals surface area contributed by atoms with Crippen molar-refractivity contribution >= 4 is 23.3 Å². The van der Waals surface area contributed by atoms with Crippen LogP contribution in [0.25, 0.3) is 16.8 Å². The zero-order chi connectivity index (χ0) is 23.2. The van der Waals surface area contributed by atoms with Crippen LogP contribution < -0.4 is 14.8 Å². The lowest BCUT2D eigenvalue weighted by Gasteiger charge is -2.36. The van der Waals surface area contributed by atoms with Crippen molar-refractivity contribution in [2.45, 2.75) is 44.7 Å². The molecule has 6 rings (SSSR count). The molecule has 0 bridgehead atoms. The molecular formula is C26H25N3O5. The van der Waals surface area contributed by atoms with Crippen molar-refractivity contribution in [2.75, 3.05) is 6.79 Å². The molecule has 0 aromatic heterocycles. The predicted molar refractivity (Wildman–Crippen MR) is 125 cm³/mol. The van der Waals surface area contributed by atoms with Crippen molar-refractivity contribution in [3.8, 4) is 22.6 Å². The smallest absolute Gasteiger partial charge is 0.352 e. The molecule has 4 aliphatic rings. The van der Waals surface area contributed by atoms with E-state index in [-0.39, 0.29) is 30.8 Å². The molecular weight excluding hydrogens is 434 g/mol. The number of rotatable bonds is 4. The van der Waals surface area contributed by atoms with Crippen molar-refractivity contribution in [1.82, 2.24) is 10.3 Å². The number of aliphatic carboxylic acids is 1. The number of hydrogen-bond donors (Lipinski definition) is 2. The Kier molecular flexibility index (Phi) is 5.01. The Hall–Kier alpha value is -3.81. The molecule has 1 unspecified atom stereocenters. The minimum atomic E-state index is -1.09. The highest BCUT2D eigenvalue weighted by molar-refractivity contribution is 6.36. The summed E-state index contributed by atoms with van der Waals surface area (Å²) in [5.41, 5.74) is 4.50. The number of amides is 1. The van der Waals surface area contributed by atoms with Crippen LogP contribution in [0.3, 0.4) is 0 Å². The van der Waals surface area contributed by atoms with Gasteiger partial charge < -0.3 is 19.9 Å². The number of fused-ring (bicyclic) bond motifs is 2. The molecule has 8 nitrogen and oxygen atoms in total. The van der Waals surface area contributed by atoms with Crippen molar-refractivity contribution in [2.24, 2.45) is 11.0 Å². The van der Waals surface area contributed by atoms with Gasteiger partial charge in [0, 0.05) is 12.0 Å². The average Bonchev–Trinajstić information content (AvgIpc) is 3.51. The minimum Gasteiger partial charge on any atom is -0.477 e. The minimum absolute atomic E-state index is 0.00764. The van der Waals surface area contributed by atoms with E-state index in [0.717, 1.165) is 65.1 Å². The van der Waals surface area contributed by atoms with Crippen molar-refractivity contribution < 1.29 is 24.2 Å². The van der Waals surface area contributed by atoms with E-state index < -0.39 is 12.1 Å². The van der Waals surface area contributed by atoms with Gasteiger partial charge in [-0.15, -0.1) is 0 Å². The quantitative estimate of drug-likeness (QED) is 0.718. The number of carboxylic acids is 1. The van der Waals surface area contributed by atoms with Gasteiger partial charge in [0.1, 0.15) is 11.9 Å². The first-order valence-electron chi connectivity index (χ1n) is 11.7. The highest BCUT2D eigenvalue weighted by Crippen LogP contribution is 2.40. The Morgan fingerprint density at radius 3 is 2.44 bits per heavy atom. The van der Waals surface area contributed by atoms with Crippen LogP contribution >= 0.6 is 0 Å². The molecule has 2 N–H and O–H groups in total. The summed E-state index contributed by atoms with van der Waals surface area (Å²) in [5.74, 6) is 0.359. The Morgan fingerprint density at radius 1 is 0.971 bits per heavy atom. The Morgan fingerprint density at radius 2 is 1.68 bits per heavy atom. The highest BCUT2D eigenvalue weighted by atomic mass is 16.7. The zero-order valence-corrected chi connectivity index (χ0v) is 18.6. The molecule has 0 spiro atoms. The molecule has 174 valence electrons. The summed E-state index contributed by atoms with van der Waals surface area (Å²) in [6, 6.07) is 14.0. The molecule has 0 radical (unpaired) electrons. The second-order valence-corrected chi connectivity index (χ2v) is 9.13. The largest absolute Gasteiger partial charge is 0.477 e. The molecule has 3 aliphatic heterocycles. The van der Waals surface area contributed by atoms with Crippen LogP contribution in [0.4, 0.5) is 0 Å². The lowest BCUT2D eigenvalue weighted by Crippen LogP contribution is -2.49. The SMILES string of the molecule is O=C(O)C1=NN2C(=O)C(C3CCCCC3)=C(c3ccc(-c4ccc5c(c4)OCO5)cc3)NC2C1. The topological polar surface area (TPSA) is 100 Å². The van der Waals surface area contributed by atoms with E-state index >= 15 is 0 Å². The fourth-order valence-corrected chi connectivity index (χ4v) is 5.33. The summed E-state index contributed by atoms with van der Waals surface area (Å²) in [6.45, 7) is 0.237. The number of hydrogen-bond acceptors (Lipinski definition) is 6. The molecule has 1 aliphatic carbocycles. The van der Waals surface area contributed by atoms with E-state index in [1.807, 2.05) is 42.5 Å². The number of nitrogens with one attached hydrogen (secondary N) is 1. The van der Waals surface area contributed by atoms with E-state index in [1.54, 1.807) is 0 Å². The van der Waals surface area contributed by atoms with E-state index in [1.165, 1.54) is 11.4 Å². The van der Waals surface area contributed by atoms with Crippen LogP contribution in [0, 0.1) is 5.92 Å². The van der Waals surface area contributed by atoms with Crippen molar-refractivity contribution in [3.05, 3.63) is 53.6 Å². The molecule has 8 heteroatoms. The first-order valence-corrected chi connectivity index (χ1v) is 11.7. The van der Waals surface area contributed by atoms with E-state index in [0.29, 0.717) is 0 Å². The molecule has 2 aromatic rings. The molecule has 1 atom stereocenters. The molecule has 3 heterocycles.